The van der Waals surface area contributed by atoms with E-state index in [9.17, 15) is 9.18 Å². The number of aromatic nitrogens is 1. The molecule has 0 atom stereocenters. The molecule has 2 aromatic carbocycles. The highest BCUT2D eigenvalue weighted by atomic mass is 19.1. The van der Waals surface area contributed by atoms with Crippen LogP contribution in [0.25, 0.3) is 0 Å². The topological polar surface area (TPSA) is 63.2 Å². The van der Waals surface area contributed by atoms with E-state index < -0.39 is 0 Å². The normalized spacial score (nSPS) is 10.3. The van der Waals surface area contributed by atoms with Crippen LogP contribution in [-0.4, -0.2) is 17.5 Å². The minimum atomic E-state index is -0.302. The molecule has 0 spiro atoms. The summed E-state index contributed by atoms with van der Waals surface area (Å²) in [5.74, 6) is 0.833. The first-order chi connectivity index (χ1) is 13.1. The van der Waals surface area contributed by atoms with E-state index in [-0.39, 0.29) is 11.7 Å². The lowest BCUT2D eigenvalue weighted by Gasteiger charge is -2.09. The number of ether oxygens (including phenoxy) is 1. The van der Waals surface area contributed by atoms with E-state index in [2.05, 4.69) is 15.6 Å². The standard InChI is InChI=1S/C21H20FN3O2/c1-2-27-19-9-7-18(8-10-19)25-20-13-16(11-12-23-20)21(26)24-14-15-3-5-17(22)6-4-15/h3-13H,2,14H2,1H3,(H,23,25)(H,24,26). The molecule has 27 heavy (non-hydrogen) atoms. The lowest BCUT2D eigenvalue weighted by molar-refractivity contribution is 0.0951. The Balaban J connectivity index is 1.62. The number of carbonyl (C=O) groups excluding carboxylic acids is 1. The molecule has 0 aliphatic rings. The molecule has 6 heteroatoms. The number of hydrogen-bond donors (Lipinski definition) is 2. The van der Waals surface area contributed by atoms with E-state index >= 15 is 0 Å². The zero-order valence-corrected chi connectivity index (χ0v) is 14.9. The van der Waals surface area contributed by atoms with Crippen molar-refractivity contribution in [2.45, 2.75) is 13.5 Å². The van der Waals surface area contributed by atoms with Gasteiger partial charge in [0, 0.05) is 24.0 Å². The molecule has 0 saturated heterocycles. The minimum Gasteiger partial charge on any atom is -0.494 e. The molecule has 0 saturated carbocycles. The molecule has 0 fully saturated rings. The van der Waals surface area contributed by atoms with Gasteiger partial charge in [0.2, 0.25) is 0 Å². The number of rotatable bonds is 7. The molecule has 5 nitrogen and oxygen atoms in total. The quantitative estimate of drug-likeness (QED) is 0.655. The van der Waals surface area contributed by atoms with Crippen molar-refractivity contribution < 1.29 is 13.9 Å². The van der Waals surface area contributed by atoms with Crippen LogP contribution in [-0.2, 0) is 6.54 Å². The van der Waals surface area contributed by atoms with Crippen LogP contribution in [0.15, 0.2) is 66.9 Å². The predicted molar refractivity (Wildman–Crippen MR) is 103 cm³/mol. The molecule has 0 aliphatic heterocycles. The third kappa shape index (κ3) is 5.28. The Morgan fingerprint density at radius 2 is 1.81 bits per heavy atom. The van der Waals surface area contributed by atoms with Crippen LogP contribution in [0.2, 0.25) is 0 Å². The predicted octanol–water partition coefficient (Wildman–Crippen LogP) is 4.29. The van der Waals surface area contributed by atoms with Crippen LogP contribution in [0.5, 0.6) is 5.75 Å². The summed E-state index contributed by atoms with van der Waals surface area (Å²) in [4.78, 5) is 16.6. The molecule has 0 bridgehead atoms. The van der Waals surface area contributed by atoms with Gasteiger partial charge in [-0.3, -0.25) is 4.79 Å². The summed E-state index contributed by atoms with van der Waals surface area (Å²) in [5.41, 5.74) is 2.15. The van der Waals surface area contributed by atoms with Gasteiger partial charge in [0.05, 0.1) is 6.61 Å². The number of nitrogens with one attached hydrogen (secondary N) is 2. The monoisotopic (exact) mass is 365 g/mol. The van der Waals surface area contributed by atoms with Gasteiger partial charge in [0.15, 0.2) is 0 Å². The zero-order valence-electron chi connectivity index (χ0n) is 14.9. The Labute approximate surface area is 157 Å². The van der Waals surface area contributed by atoms with Crippen molar-refractivity contribution in [1.82, 2.24) is 10.3 Å². The second-order valence-corrected chi connectivity index (χ2v) is 5.82. The van der Waals surface area contributed by atoms with Gasteiger partial charge in [-0.1, -0.05) is 12.1 Å². The number of halogens is 1. The third-order valence-electron chi connectivity index (χ3n) is 3.83. The lowest BCUT2D eigenvalue weighted by atomic mass is 10.2. The molecule has 1 amide bonds. The highest BCUT2D eigenvalue weighted by molar-refractivity contribution is 5.94. The molecule has 1 aromatic heterocycles. The van der Waals surface area contributed by atoms with E-state index in [1.165, 1.54) is 12.1 Å². The van der Waals surface area contributed by atoms with Crippen LogP contribution >= 0.6 is 0 Å². The summed E-state index contributed by atoms with van der Waals surface area (Å²) in [7, 11) is 0. The highest BCUT2D eigenvalue weighted by Gasteiger charge is 2.07. The van der Waals surface area contributed by atoms with Gasteiger partial charge in [-0.2, -0.15) is 0 Å². The van der Waals surface area contributed by atoms with Crippen molar-refractivity contribution in [3.05, 3.63) is 83.8 Å². The first kappa shape index (κ1) is 18.4. The fourth-order valence-electron chi connectivity index (χ4n) is 2.48. The first-order valence-electron chi connectivity index (χ1n) is 8.62. The Kier molecular flexibility index (Phi) is 5.99. The van der Waals surface area contributed by atoms with Crippen LogP contribution in [0.3, 0.4) is 0 Å². The summed E-state index contributed by atoms with van der Waals surface area (Å²) in [6.45, 7) is 2.87. The number of anilines is 2. The SMILES string of the molecule is CCOc1ccc(Nc2cc(C(=O)NCc3ccc(F)cc3)ccn2)cc1. The second kappa shape index (κ2) is 8.80. The average Bonchev–Trinajstić information content (AvgIpc) is 2.69. The fraction of sp³-hybridized carbons (Fsp3) is 0.143. The van der Waals surface area contributed by atoms with Crippen molar-refractivity contribution in [2.24, 2.45) is 0 Å². The Bertz CT molecular complexity index is 896. The molecule has 138 valence electrons. The van der Waals surface area contributed by atoms with Gasteiger partial charge in [0.1, 0.15) is 17.4 Å². The maximum atomic E-state index is 12.9. The van der Waals surface area contributed by atoms with Crippen LogP contribution in [0.1, 0.15) is 22.8 Å². The maximum Gasteiger partial charge on any atom is 0.251 e. The minimum absolute atomic E-state index is 0.225. The van der Waals surface area contributed by atoms with Gasteiger partial charge >= 0.3 is 0 Å². The molecule has 3 rings (SSSR count). The van der Waals surface area contributed by atoms with E-state index in [0.29, 0.717) is 24.5 Å². The van der Waals surface area contributed by atoms with Crippen molar-refractivity contribution in [2.75, 3.05) is 11.9 Å². The lowest BCUT2D eigenvalue weighted by Crippen LogP contribution is -2.22. The third-order valence-corrected chi connectivity index (χ3v) is 3.83. The molecular formula is C21H20FN3O2. The van der Waals surface area contributed by atoms with Gasteiger partial charge in [0.25, 0.3) is 5.91 Å². The zero-order chi connectivity index (χ0) is 19.1. The highest BCUT2D eigenvalue weighted by Crippen LogP contribution is 2.19. The summed E-state index contributed by atoms with van der Waals surface area (Å²) >= 11 is 0. The van der Waals surface area contributed by atoms with E-state index in [1.54, 1.807) is 30.5 Å². The molecule has 2 N–H and O–H groups in total. The summed E-state index contributed by atoms with van der Waals surface area (Å²) in [6, 6.07) is 16.8. The molecule has 0 unspecified atom stereocenters. The summed E-state index contributed by atoms with van der Waals surface area (Å²) in [5, 5.41) is 5.97. The van der Waals surface area contributed by atoms with Crippen molar-refractivity contribution in [3.63, 3.8) is 0 Å². The van der Waals surface area contributed by atoms with E-state index in [4.69, 9.17) is 4.74 Å². The molecule has 3 aromatic rings. The number of amides is 1. The van der Waals surface area contributed by atoms with Crippen molar-refractivity contribution in [3.8, 4) is 5.75 Å². The van der Waals surface area contributed by atoms with Gasteiger partial charge in [-0.05, 0) is 61.0 Å². The summed E-state index contributed by atoms with van der Waals surface area (Å²) in [6.07, 6.45) is 1.57. The second-order valence-electron chi connectivity index (χ2n) is 5.82. The van der Waals surface area contributed by atoms with E-state index in [1.807, 2.05) is 31.2 Å². The number of carbonyl (C=O) groups is 1. The van der Waals surface area contributed by atoms with Crippen LogP contribution in [0, 0.1) is 5.82 Å². The fourth-order valence-corrected chi connectivity index (χ4v) is 2.48. The van der Waals surface area contributed by atoms with Crippen molar-refractivity contribution in [1.29, 1.82) is 0 Å². The smallest absolute Gasteiger partial charge is 0.251 e. The van der Waals surface area contributed by atoms with Crippen LogP contribution < -0.4 is 15.4 Å². The van der Waals surface area contributed by atoms with Gasteiger partial charge in [-0.25, -0.2) is 9.37 Å². The molecule has 0 aliphatic carbocycles. The van der Waals surface area contributed by atoms with Gasteiger partial charge < -0.3 is 15.4 Å². The maximum absolute atomic E-state index is 12.9. The number of benzene rings is 2. The number of pyridine rings is 1. The largest absolute Gasteiger partial charge is 0.494 e. The number of hydrogen-bond acceptors (Lipinski definition) is 4. The molecular weight excluding hydrogens is 345 g/mol. The molecule has 0 radical (unpaired) electrons. The Hall–Kier alpha value is -3.41. The summed E-state index contributed by atoms with van der Waals surface area (Å²) < 4.78 is 18.3. The van der Waals surface area contributed by atoms with Crippen molar-refractivity contribution >= 4 is 17.4 Å². The Morgan fingerprint density at radius 1 is 1.07 bits per heavy atom. The Morgan fingerprint density at radius 3 is 2.52 bits per heavy atom. The molecule has 1 heterocycles. The van der Waals surface area contributed by atoms with Gasteiger partial charge in [-0.15, -0.1) is 0 Å². The van der Waals surface area contributed by atoms with Crippen LogP contribution in [0.4, 0.5) is 15.9 Å². The van der Waals surface area contributed by atoms with E-state index in [0.717, 1.165) is 17.0 Å². The first-order valence-corrected chi connectivity index (χ1v) is 8.62. The average molecular weight is 365 g/mol. The number of nitrogens with zero attached hydrogens (tertiary/aromatic N) is 1.